The largest absolute Gasteiger partial charge is 0.383 e. The second kappa shape index (κ2) is 11.7. The number of ether oxygens (including phenoxy) is 1. The second-order valence-corrected chi connectivity index (χ2v) is 9.05. The van der Waals surface area contributed by atoms with Gasteiger partial charge in [0.2, 0.25) is 0 Å². The zero-order valence-electron chi connectivity index (χ0n) is 20.4. The van der Waals surface area contributed by atoms with Crippen LogP contribution in [0.25, 0.3) is 11.1 Å². The van der Waals surface area contributed by atoms with Gasteiger partial charge in [-0.3, -0.25) is 9.59 Å². The number of nitrogens with one attached hydrogen (secondary N) is 2. The van der Waals surface area contributed by atoms with Gasteiger partial charge in [-0.2, -0.15) is 0 Å². The van der Waals surface area contributed by atoms with E-state index in [9.17, 15) is 9.59 Å². The predicted molar refractivity (Wildman–Crippen MR) is 141 cm³/mol. The minimum Gasteiger partial charge on any atom is -0.383 e. The van der Waals surface area contributed by atoms with E-state index in [1.54, 1.807) is 13.2 Å². The Hall–Kier alpha value is -3.64. The topological polar surface area (TPSA) is 70.7 Å². The Morgan fingerprint density at radius 3 is 2.29 bits per heavy atom. The van der Waals surface area contributed by atoms with Crippen molar-refractivity contribution >= 4 is 23.2 Å². The maximum absolute atomic E-state index is 13.0. The van der Waals surface area contributed by atoms with E-state index < -0.39 is 0 Å². The molecule has 35 heavy (non-hydrogen) atoms. The van der Waals surface area contributed by atoms with Gasteiger partial charge in [-0.15, -0.1) is 0 Å². The van der Waals surface area contributed by atoms with E-state index in [2.05, 4.69) is 22.5 Å². The van der Waals surface area contributed by atoms with Gasteiger partial charge in [0.25, 0.3) is 11.8 Å². The van der Waals surface area contributed by atoms with E-state index in [1.807, 2.05) is 66.7 Å². The molecule has 0 unspecified atom stereocenters. The van der Waals surface area contributed by atoms with E-state index in [1.165, 1.54) is 0 Å². The van der Waals surface area contributed by atoms with Crippen molar-refractivity contribution in [2.24, 2.45) is 5.92 Å². The molecule has 0 atom stereocenters. The van der Waals surface area contributed by atoms with Gasteiger partial charge in [0.1, 0.15) is 0 Å². The molecule has 0 saturated carbocycles. The summed E-state index contributed by atoms with van der Waals surface area (Å²) >= 11 is 0. The first-order valence-corrected chi connectivity index (χ1v) is 12.2. The third-order valence-electron chi connectivity index (χ3n) is 6.47. The molecule has 1 aliphatic heterocycles. The molecule has 6 heteroatoms. The van der Waals surface area contributed by atoms with Gasteiger partial charge in [-0.25, -0.2) is 0 Å². The summed E-state index contributed by atoms with van der Waals surface area (Å²) in [5, 5.41) is 5.87. The average molecular weight is 472 g/mol. The van der Waals surface area contributed by atoms with Gasteiger partial charge in [0.15, 0.2) is 0 Å². The maximum atomic E-state index is 13.0. The Labute approximate surface area is 207 Å². The normalized spacial score (nSPS) is 13.9. The van der Waals surface area contributed by atoms with Crippen molar-refractivity contribution in [1.29, 1.82) is 0 Å². The maximum Gasteiger partial charge on any atom is 0.255 e. The van der Waals surface area contributed by atoms with Crippen LogP contribution >= 0.6 is 0 Å². The first kappa shape index (κ1) is 24.5. The Balaban J connectivity index is 1.52. The highest BCUT2D eigenvalue weighted by atomic mass is 16.5. The van der Waals surface area contributed by atoms with Gasteiger partial charge in [0, 0.05) is 43.7 Å². The van der Waals surface area contributed by atoms with Crippen LogP contribution in [0.15, 0.2) is 72.8 Å². The molecule has 3 aromatic carbocycles. The van der Waals surface area contributed by atoms with Crippen LogP contribution < -0.4 is 15.5 Å². The molecule has 1 fully saturated rings. The quantitative estimate of drug-likeness (QED) is 0.442. The van der Waals surface area contributed by atoms with E-state index in [0.717, 1.165) is 42.7 Å². The monoisotopic (exact) mass is 471 g/mol. The number of carbonyl (C=O) groups is 2. The summed E-state index contributed by atoms with van der Waals surface area (Å²) < 4.78 is 5.07. The number of piperidine rings is 1. The summed E-state index contributed by atoms with van der Waals surface area (Å²) in [6, 6.07) is 23.2. The Morgan fingerprint density at radius 2 is 1.60 bits per heavy atom. The molecule has 0 aromatic heterocycles. The lowest BCUT2D eigenvalue weighted by Crippen LogP contribution is -2.35. The number of amides is 2. The third-order valence-corrected chi connectivity index (χ3v) is 6.47. The summed E-state index contributed by atoms with van der Waals surface area (Å²) in [6.45, 7) is 4.96. The van der Waals surface area contributed by atoms with Crippen molar-refractivity contribution in [3.63, 3.8) is 0 Å². The van der Waals surface area contributed by atoms with Crippen molar-refractivity contribution < 1.29 is 14.3 Å². The van der Waals surface area contributed by atoms with E-state index >= 15 is 0 Å². The van der Waals surface area contributed by atoms with Crippen LogP contribution in [0.4, 0.5) is 11.4 Å². The molecule has 6 nitrogen and oxygen atoms in total. The fourth-order valence-electron chi connectivity index (χ4n) is 4.33. The predicted octanol–water partition coefficient (Wildman–Crippen LogP) is 5.22. The molecule has 0 aliphatic carbocycles. The fraction of sp³-hybridized carbons (Fsp3) is 0.310. The van der Waals surface area contributed by atoms with Crippen molar-refractivity contribution in [2.75, 3.05) is 43.6 Å². The lowest BCUT2D eigenvalue weighted by molar-refractivity contribution is 0.0936. The number of anilines is 2. The fourth-order valence-corrected chi connectivity index (χ4v) is 4.33. The van der Waals surface area contributed by atoms with Gasteiger partial charge >= 0.3 is 0 Å². The van der Waals surface area contributed by atoms with E-state index in [4.69, 9.17) is 4.74 Å². The molecule has 1 saturated heterocycles. The van der Waals surface area contributed by atoms with E-state index in [-0.39, 0.29) is 11.8 Å². The molecule has 2 amide bonds. The van der Waals surface area contributed by atoms with Crippen molar-refractivity contribution in [3.8, 4) is 11.1 Å². The van der Waals surface area contributed by atoms with Crippen LogP contribution in [0.5, 0.6) is 0 Å². The Morgan fingerprint density at radius 1 is 0.914 bits per heavy atom. The molecule has 0 spiro atoms. The lowest BCUT2D eigenvalue weighted by atomic mass is 9.97. The molecule has 2 N–H and O–H groups in total. The highest BCUT2D eigenvalue weighted by Crippen LogP contribution is 2.29. The van der Waals surface area contributed by atoms with E-state index in [0.29, 0.717) is 35.9 Å². The molecule has 3 aromatic rings. The number of benzene rings is 3. The number of hydrogen-bond acceptors (Lipinski definition) is 4. The van der Waals surface area contributed by atoms with Gasteiger partial charge in [-0.05, 0) is 60.2 Å². The third kappa shape index (κ3) is 6.28. The number of hydrogen-bond donors (Lipinski definition) is 2. The molecule has 1 aliphatic rings. The standard InChI is InChI=1S/C29H33N3O3/c1-21-14-17-32(18-15-21)27-13-12-25(20-26(27)29(34)30-16-19-35-2)31-28(33)24-10-8-23(9-11-24)22-6-4-3-5-7-22/h3-13,20-21H,14-19H2,1-2H3,(H,30,34)(H,31,33). The van der Waals surface area contributed by atoms with Gasteiger partial charge < -0.3 is 20.3 Å². The van der Waals surface area contributed by atoms with Crippen molar-refractivity contribution in [1.82, 2.24) is 5.32 Å². The smallest absolute Gasteiger partial charge is 0.255 e. The second-order valence-electron chi connectivity index (χ2n) is 9.05. The SMILES string of the molecule is COCCNC(=O)c1cc(NC(=O)c2ccc(-c3ccccc3)cc2)ccc1N1CCC(C)CC1. The molecule has 0 bridgehead atoms. The molecule has 4 rings (SSSR count). The molecule has 0 radical (unpaired) electrons. The minimum atomic E-state index is -0.213. The van der Waals surface area contributed by atoms with Crippen molar-refractivity contribution in [3.05, 3.63) is 83.9 Å². The van der Waals surface area contributed by atoms with Crippen LogP contribution in [0.3, 0.4) is 0 Å². The summed E-state index contributed by atoms with van der Waals surface area (Å²) in [4.78, 5) is 28.2. The first-order chi connectivity index (χ1) is 17.0. The molecule has 182 valence electrons. The number of rotatable bonds is 8. The minimum absolute atomic E-state index is 0.168. The zero-order valence-corrected chi connectivity index (χ0v) is 20.4. The summed E-state index contributed by atoms with van der Waals surface area (Å²) in [7, 11) is 1.61. The van der Waals surface area contributed by atoms with Crippen molar-refractivity contribution in [2.45, 2.75) is 19.8 Å². The van der Waals surface area contributed by atoms with Crippen LogP contribution in [0.1, 0.15) is 40.5 Å². The molecule has 1 heterocycles. The van der Waals surface area contributed by atoms with Crippen LogP contribution in [0, 0.1) is 5.92 Å². The highest BCUT2D eigenvalue weighted by molar-refractivity contribution is 6.06. The lowest BCUT2D eigenvalue weighted by Gasteiger charge is -2.33. The zero-order chi connectivity index (χ0) is 24.6. The molecular weight excluding hydrogens is 438 g/mol. The van der Waals surface area contributed by atoms with Crippen LogP contribution in [-0.4, -0.2) is 45.2 Å². The number of methoxy groups -OCH3 is 1. The summed E-state index contributed by atoms with van der Waals surface area (Å²) in [6.07, 6.45) is 2.20. The van der Waals surface area contributed by atoms with Crippen LogP contribution in [0.2, 0.25) is 0 Å². The highest BCUT2D eigenvalue weighted by Gasteiger charge is 2.22. The van der Waals surface area contributed by atoms with Gasteiger partial charge in [0.05, 0.1) is 12.2 Å². The number of carbonyl (C=O) groups excluding carboxylic acids is 2. The Kier molecular flexibility index (Phi) is 8.16. The van der Waals surface area contributed by atoms with Gasteiger partial charge in [-0.1, -0.05) is 49.4 Å². The summed E-state index contributed by atoms with van der Waals surface area (Å²) in [5.74, 6) is 0.311. The first-order valence-electron chi connectivity index (χ1n) is 12.2. The van der Waals surface area contributed by atoms with Crippen LogP contribution in [-0.2, 0) is 4.74 Å². The average Bonchev–Trinajstić information content (AvgIpc) is 2.90. The molecular formula is C29H33N3O3. The summed E-state index contributed by atoms with van der Waals surface area (Å²) in [5.41, 5.74) is 4.77. The number of nitrogens with zero attached hydrogens (tertiary/aromatic N) is 1. The Bertz CT molecular complexity index is 1140.